The van der Waals surface area contributed by atoms with Crippen LogP contribution >= 0.6 is 11.6 Å². The van der Waals surface area contributed by atoms with Crippen molar-refractivity contribution in [3.63, 3.8) is 0 Å². The zero-order chi connectivity index (χ0) is 11.2. The van der Waals surface area contributed by atoms with Gasteiger partial charge < -0.3 is 5.32 Å². The molecule has 16 heavy (non-hydrogen) atoms. The van der Waals surface area contributed by atoms with Gasteiger partial charge in [0.2, 0.25) is 0 Å². The first kappa shape index (κ1) is 11.0. The molecule has 2 heterocycles. The smallest absolute Gasteiger partial charge is 0.144 e. The highest BCUT2D eigenvalue weighted by molar-refractivity contribution is 6.32. The lowest BCUT2D eigenvalue weighted by Gasteiger charge is -2.06. The Balaban J connectivity index is 1.74. The monoisotopic (exact) mass is 236 g/mol. The summed E-state index contributed by atoms with van der Waals surface area (Å²) in [7, 11) is 0. The van der Waals surface area contributed by atoms with Crippen molar-refractivity contribution in [2.45, 2.75) is 13.0 Å². The van der Waals surface area contributed by atoms with Gasteiger partial charge in [-0.25, -0.2) is 4.98 Å². The quantitative estimate of drug-likeness (QED) is 0.811. The molecule has 0 aromatic carbocycles. The summed E-state index contributed by atoms with van der Waals surface area (Å²) in [4.78, 5) is 4.15. The normalized spacial score (nSPS) is 10.3. The Kier molecular flexibility index (Phi) is 3.77. The van der Waals surface area contributed by atoms with E-state index >= 15 is 0 Å². The zero-order valence-corrected chi connectivity index (χ0v) is 9.56. The minimum Gasteiger partial charge on any atom is -0.369 e. The van der Waals surface area contributed by atoms with Gasteiger partial charge >= 0.3 is 0 Å². The number of halogens is 1. The number of hydrogen-bond donors (Lipinski definition) is 1. The van der Waals surface area contributed by atoms with Gasteiger partial charge in [-0.05, 0) is 24.6 Å². The Labute approximate surface area is 99.3 Å². The maximum atomic E-state index is 5.96. The third-order valence-corrected chi connectivity index (χ3v) is 2.48. The van der Waals surface area contributed by atoms with E-state index in [2.05, 4.69) is 15.4 Å². The van der Waals surface area contributed by atoms with Crippen LogP contribution in [0.1, 0.15) is 6.42 Å². The Bertz CT molecular complexity index is 427. The van der Waals surface area contributed by atoms with Crippen molar-refractivity contribution in [3.8, 4) is 0 Å². The lowest BCUT2D eigenvalue weighted by Crippen LogP contribution is -2.08. The van der Waals surface area contributed by atoms with E-state index in [1.807, 2.05) is 29.1 Å². The van der Waals surface area contributed by atoms with Crippen LogP contribution in [-0.2, 0) is 6.54 Å². The van der Waals surface area contributed by atoms with Gasteiger partial charge in [0.1, 0.15) is 5.82 Å². The standard InChI is InChI=1S/C11H13ClN4/c12-10-4-1-5-13-11(10)14-6-2-8-16-9-3-7-15-16/h1,3-5,7,9H,2,6,8H2,(H,13,14). The van der Waals surface area contributed by atoms with Gasteiger partial charge in [-0.2, -0.15) is 5.10 Å². The van der Waals surface area contributed by atoms with Gasteiger partial charge in [0, 0.05) is 31.7 Å². The summed E-state index contributed by atoms with van der Waals surface area (Å²) in [5.74, 6) is 0.740. The highest BCUT2D eigenvalue weighted by Crippen LogP contribution is 2.16. The van der Waals surface area contributed by atoms with E-state index in [0.717, 1.165) is 25.3 Å². The van der Waals surface area contributed by atoms with E-state index in [0.29, 0.717) is 5.02 Å². The highest BCUT2D eigenvalue weighted by Gasteiger charge is 1.98. The summed E-state index contributed by atoms with van der Waals surface area (Å²) in [6, 6.07) is 5.56. The van der Waals surface area contributed by atoms with E-state index in [-0.39, 0.29) is 0 Å². The van der Waals surface area contributed by atoms with Crippen molar-refractivity contribution in [2.75, 3.05) is 11.9 Å². The lowest BCUT2D eigenvalue weighted by atomic mass is 10.4. The van der Waals surface area contributed by atoms with Crippen LogP contribution in [0, 0.1) is 0 Å². The van der Waals surface area contributed by atoms with Crippen molar-refractivity contribution in [2.24, 2.45) is 0 Å². The van der Waals surface area contributed by atoms with Gasteiger partial charge in [-0.3, -0.25) is 4.68 Å². The van der Waals surface area contributed by atoms with Crippen molar-refractivity contribution >= 4 is 17.4 Å². The molecule has 0 unspecified atom stereocenters. The Hall–Kier alpha value is -1.55. The predicted molar refractivity (Wildman–Crippen MR) is 64.6 cm³/mol. The molecule has 0 aliphatic carbocycles. The fourth-order valence-electron chi connectivity index (χ4n) is 1.40. The maximum absolute atomic E-state index is 5.96. The molecule has 0 aliphatic rings. The molecule has 0 fully saturated rings. The fourth-order valence-corrected chi connectivity index (χ4v) is 1.58. The van der Waals surface area contributed by atoms with Crippen LogP contribution in [0.2, 0.25) is 5.02 Å². The van der Waals surface area contributed by atoms with E-state index in [9.17, 15) is 0 Å². The minimum atomic E-state index is 0.654. The molecule has 0 aliphatic heterocycles. The fraction of sp³-hybridized carbons (Fsp3) is 0.273. The first-order chi connectivity index (χ1) is 7.86. The van der Waals surface area contributed by atoms with Crippen LogP contribution in [0.4, 0.5) is 5.82 Å². The van der Waals surface area contributed by atoms with E-state index in [1.54, 1.807) is 12.4 Å². The first-order valence-corrected chi connectivity index (χ1v) is 5.56. The predicted octanol–water partition coefficient (Wildman–Crippen LogP) is 2.43. The average molecular weight is 237 g/mol. The Morgan fingerprint density at radius 2 is 2.25 bits per heavy atom. The van der Waals surface area contributed by atoms with Crippen molar-refractivity contribution < 1.29 is 0 Å². The number of anilines is 1. The number of hydrogen-bond acceptors (Lipinski definition) is 3. The molecule has 0 amide bonds. The number of aryl methyl sites for hydroxylation is 1. The molecule has 1 N–H and O–H groups in total. The highest BCUT2D eigenvalue weighted by atomic mass is 35.5. The summed E-state index contributed by atoms with van der Waals surface area (Å²) >= 11 is 5.96. The van der Waals surface area contributed by atoms with E-state index < -0.39 is 0 Å². The SMILES string of the molecule is Clc1cccnc1NCCCn1cccn1. The second-order valence-electron chi connectivity index (χ2n) is 3.38. The third kappa shape index (κ3) is 2.97. The van der Waals surface area contributed by atoms with Crippen molar-refractivity contribution in [3.05, 3.63) is 41.8 Å². The van der Waals surface area contributed by atoms with Crippen LogP contribution in [0.5, 0.6) is 0 Å². The maximum Gasteiger partial charge on any atom is 0.144 e. The molecule has 0 atom stereocenters. The Morgan fingerprint density at radius 3 is 3.00 bits per heavy atom. The number of pyridine rings is 1. The van der Waals surface area contributed by atoms with E-state index in [4.69, 9.17) is 11.6 Å². The topological polar surface area (TPSA) is 42.7 Å². The Morgan fingerprint density at radius 1 is 1.31 bits per heavy atom. The summed E-state index contributed by atoms with van der Waals surface area (Å²) in [5, 5.41) is 7.97. The van der Waals surface area contributed by atoms with Crippen molar-refractivity contribution in [1.82, 2.24) is 14.8 Å². The number of nitrogens with one attached hydrogen (secondary N) is 1. The molecule has 0 saturated heterocycles. The average Bonchev–Trinajstić information content (AvgIpc) is 2.79. The number of nitrogens with zero attached hydrogens (tertiary/aromatic N) is 3. The molecular formula is C11H13ClN4. The first-order valence-electron chi connectivity index (χ1n) is 5.18. The van der Waals surface area contributed by atoms with Crippen LogP contribution in [-0.4, -0.2) is 21.3 Å². The second-order valence-corrected chi connectivity index (χ2v) is 3.79. The molecule has 2 rings (SSSR count). The molecule has 2 aromatic rings. The van der Waals surface area contributed by atoms with Gasteiger partial charge in [0.15, 0.2) is 0 Å². The molecule has 0 spiro atoms. The zero-order valence-electron chi connectivity index (χ0n) is 8.81. The van der Waals surface area contributed by atoms with Crippen LogP contribution in [0.25, 0.3) is 0 Å². The van der Waals surface area contributed by atoms with Crippen LogP contribution < -0.4 is 5.32 Å². The lowest BCUT2D eigenvalue weighted by molar-refractivity contribution is 0.591. The number of rotatable bonds is 5. The van der Waals surface area contributed by atoms with Gasteiger partial charge in [-0.1, -0.05) is 11.6 Å². The molecule has 0 saturated carbocycles. The van der Waals surface area contributed by atoms with E-state index in [1.165, 1.54) is 0 Å². The second kappa shape index (κ2) is 5.51. The molecule has 0 radical (unpaired) electrons. The van der Waals surface area contributed by atoms with Gasteiger partial charge in [0.25, 0.3) is 0 Å². The molecule has 4 nitrogen and oxygen atoms in total. The van der Waals surface area contributed by atoms with Gasteiger partial charge in [0.05, 0.1) is 5.02 Å². The molecule has 84 valence electrons. The molecular weight excluding hydrogens is 224 g/mol. The molecule has 5 heteroatoms. The molecule has 2 aromatic heterocycles. The largest absolute Gasteiger partial charge is 0.369 e. The third-order valence-electron chi connectivity index (χ3n) is 2.17. The summed E-state index contributed by atoms with van der Waals surface area (Å²) in [6.45, 7) is 1.72. The van der Waals surface area contributed by atoms with Crippen LogP contribution in [0.15, 0.2) is 36.8 Å². The molecule has 0 bridgehead atoms. The summed E-state index contributed by atoms with van der Waals surface area (Å²) in [5.41, 5.74) is 0. The minimum absolute atomic E-state index is 0.654. The van der Waals surface area contributed by atoms with Crippen LogP contribution in [0.3, 0.4) is 0 Å². The summed E-state index contributed by atoms with van der Waals surface area (Å²) in [6.07, 6.45) is 6.44. The summed E-state index contributed by atoms with van der Waals surface area (Å²) < 4.78 is 1.90. The van der Waals surface area contributed by atoms with Gasteiger partial charge in [-0.15, -0.1) is 0 Å². The van der Waals surface area contributed by atoms with Crippen molar-refractivity contribution in [1.29, 1.82) is 0 Å². The number of aromatic nitrogens is 3.